The minimum atomic E-state index is -0.311. The highest BCUT2D eigenvalue weighted by atomic mass is 19.1. The van der Waals surface area contributed by atoms with Gasteiger partial charge in [-0.2, -0.15) is 5.10 Å². The fourth-order valence-electron chi connectivity index (χ4n) is 2.38. The van der Waals surface area contributed by atoms with E-state index in [0.717, 1.165) is 16.5 Å². The number of nitrogens with zero attached hydrogens (tertiary/aromatic N) is 1. The Morgan fingerprint density at radius 1 is 1.32 bits per heavy atom. The van der Waals surface area contributed by atoms with Crippen LogP contribution < -0.4 is 5.32 Å². The molecule has 1 heterocycles. The molecule has 112 valence electrons. The molecule has 0 aliphatic rings. The van der Waals surface area contributed by atoms with Crippen molar-refractivity contribution in [3.63, 3.8) is 0 Å². The highest BCUT2D eigenvalue weighted by Crippen LogP contribution is 2.29. The van der Waals surface area contributed by atoms with Crippen molar-refractivity contribution in [1.29, 1.82) is 0 Å². The molecule has 0 bridgehead atoms. The van der Waals surface area contributed by atoms with Gasteiger partial charge in [0.05, 0.1) is 17.8 Å². The molecule has 0 fully saturated rings. The van der Waals surface area contributed by atoms with Crippen molar-refractivity contribution in [2.45, 2.75) is 6.61 Å². The molecule has 2 N–H and O–H groups in total. The second kappa shape index (κ2) is 5.95. The second-order valence-electron chi connectivity index (χ2n) is 4.83. The van der Waals surface area contributed by atoms with Crippen LogP contribution in [0.4, 0.5) is 10.1 Å². The molecule has 0 aliphatic heterocycles. The summed E-state index contributed by atoms with van der Waals surface area (Å²) in [5.74, 6) is -0.311. The van der Waals surface area contributed by atoms with Crippen molar-refractivity contribution >= 4 is 23.0 Å². The van der Waals surface area contributed by atoms with Gasteiger partial charge in [0.2, 0.25) is 6.41 Å². The van der Waals surface area contributed by atoms with Gasteiger partial charge in [0.15, 0.2) is 0 Å². The van der Waals surface area contributed by atoms with Crippen LogP contribution in [0.5, 0.6) is 0 Å². The van der Waals surface area contributed by atoms with Gasteiger partial charge in [-0.15, -0.1) is 0 Å². The number of aromatic amines is 1. The zero-order chi connectivity index (χ0) is 15.5. The highest BCUT2D eigenvalue weighted by molar-refractivity contribution is 5.95. The number of halogens is 1. The van der Waals surface area contributed by atoms with Crippen LogP contribution >= 0.6 is 0 Å². The Hall–Kier alpha value is -2.73. The molecular formula is C16H14FN3O2. The number of rotatable bonds is 5. The highest BCUT2D eigenvalue weighted by Gasteiger charge is 2.11. The van der Waals surface area contributed by atoms with Crippen LogP contribution in [0.1, 0.15) is 5.56 Å². The van der Waals surface area contributed by atoms with Gasteiger partial charge < -0.3 is 10.1 Å². The Kier molecular flexibility index (Phi) is 3.84. The van der Waals surface area contributed by atoms with Gasteiger partial charge in [-0.3, -0.25) is 9.89 Å². The lowest BCUT2D eigenvalue weighted by Crippen LogP contribution is -1.94. The lowest BCUT2D eigenvalue weighted by Gasteiger charge is -2.05. The third-order valence-corrected chi connectivity index (χ3v) is 3.41. The molecular weight excluding hydrogens is 285 g/mol. The van der Waals surface area contributed by atoms with Gasteiger partial charge in [0.25, 0.3) is 0 Å². The molecule has 6 heteroatoms. The minimum Gasteiger partial charge on any atom is -0.380 e. The van der Waals surface area contributed by atoms with Gasteiger partial charge >= 0.3 is 0 Å². The zero-order valence-electron chi connectivity index (χ0n) is 11.9. The van der Waals surface area contributed by atoms with Gasteiger partial charge in [-0.1, -0.05) is 0 Å². The van der Waals surface area contributed by atoms with E-state index in [-0.39, 0.29) is 12.4 Å². The van der Waals surface area contributed by atoms with Gasteiger partial charge in [-0.25, -0.2) is 4.39 Å². The van der Waals surface area contributed by atoms with Crippen LogP contribution in [-0.2, 0) is 16.1 Å². The number of carbonyl (C=O) groups is 1. The average molecular weight is 299 g/mol. The van der Waals surface area contributed by atoms with Crippen molar-refractivity contribution in [3.8, 4) is 11.3 Å². The molecule has 0 saturated heterocycles. The van der Waals surface area contributed by atoms with Crippen LogP contribution in [0.2, 0.25) is 0 Å². The SMILES string of the molecule is COCc1cc(-c2n[nH]c3ccc(NC=O)cc23)ccc1F. The van der Waals surface area contributed by atoms with Crippen molar-refractivity contribution in [1.82, 2.24) is 10.2 Å². The lowest BCUT2D eigenvalue weighted by atomic mass is 10.0. The zero-order valence-corrected chi connectivity index (χ0v) is 11.9. The summed E-state index contributed by atoms with van der Waals surface area (Å²) >= 11 is 0. The number of methoxy groups -OCH3 is 1. The predicted octanol–water partition coefficient (Wildman–Crippen LogP) is 3.08. The van der Waals surface area contributed by atoms with E-state index in [2.05, 4.69) is 15.5 Å². The molecule has 3 rings (SSSR count). The molecule has 5 nitrogen and oxygen atoms in total. The number of fused-ring (bicyclic) bond motifs is 1. The molecule has 0 saturated carbocycles. The first-order chi connectivity index (χ1) is 10.7. The molecule has 2 aromatic carbocycles. The van der Waals surface area contributed by atoms with E-state index in [4.69, 9.17) is 4.74 Å². The topological polar surface area (TPSA) is 67.0 Å². The summed E-state index contributed by atoms with van der Waals surface area (Å²) in [6, 6.07) is 10.2. The number of carbonyl (C=O) groups excluding carboxylic acids is 1. The summed E-state index contributed by atoms with van der Waals surface area (Å²) in [6.07, 6.45) is 0.621. The van der Waals surface area contributed by atoms with Gasteiger partial charge in [0.1, 0.15) is 5.82 Å². The van der Waals surface area contributed by atoms with E-state index < -0.39 is 0 Å². The number of hydrogen-bond donors (Lipinski definition) is 2. The van der Waals surface area contributed by atoms with Crippen molar-refractivity contribution in [2.75, 3.05) is 12.4 Å². The van der Waals surface area contributed by atoms with Gasteiger partial charge in [0, 0.05) is 29.3 Å². The largest absolute Gasteiger partial charge is 0.380 e. The van der Waals surface area contributed by atoms with E-state index in [9.17, 15) is 9.18 Å². The quantitative estimate of drug-likeness (QED) is 0.711. The van der Waals surface area contributed by atoms with E-state index in [0.29, 0.717) is 23.4 Å². The van der Waals surface area contributed by atoms with Crippen LogP contribution in [-0.4, -0.2) is 23.7 Å². The van der Waals surface area contributed by atoms with Crippen LogP contribution in [0.15, 0.2) is 36.4 Å². The van der Waals surface area contributed by atoms with Crippen molar-refractivity contribution in [2.24, 2.45) is 0 Å². The molecule has 1 amide bonds. The number of benzene rings is 2. The summed E-state index contributed by atoms with van der Waals surface area (Å²) in [4.78, 5) is 10.6. The number of aromatic nitrogens is 2. The fourth-order valence-corrected chi connectivity index (χ4v) is 2.38. The predicted molar refractivity (Wildman–Crippen MR) is 81.9 cm³/mol. The first-order valence-corrected chi connectivity index (χ1v) is 6.69. The lowest BCUT2D eigenvalue weighted by molar-refractivity contribution is -0.105. The molecule has 0 atom stereocenters. The normalized spacial score (nSPS) is 10.8. The molecule has 1 aromatic heterocycles. The summed E-state index contributed by atoms with van der Waals surface area (Å²) in [5.41, 5.74) is 3.46. The Morgan fingerprint density at radius 3 is 2.95 bits per heavy atom. The summed E-state index contributed by atoms with van der Waals surface area (Å²) < 4.78 is 18.7. The monoisotopic (exact) mass is 299 g/mol. The summed E-state index contributed by atoms with van der Waals surface area (Å²) in [6.45, 7) is 0.194. The first kappa shape index (κ1) is 14.2. The van der Waals surface area contributed by atoms with Crippen molar-refractivity contribution in [3.05, 3.63) is 47.8 Å². The maximum atomic E-state index is 13.7. The first-order valence-electron chi connectivity index (χ1n) is 6.69. The van der Waals surface area contributed by atoms with Crippen LogP contribution in [0.3, 0.4) is 0 Å². The number of ether oxygens (including phenoxy) is 1. The maximum Gasteiger partial charge on any atom is 0.211 e. The maximum absolute atomic E-state index is 13.7. The molecule has 0 aliphatic carbocycles. The van der Waals surface area contributed by atoms with E-state index in [1.165, 1.54) is 13.2 Å². The average Bonchev–Trinajstić information content (AvgIpc) is 2.93. The van der Waals surface area contributed by atoms with E-state index >= 15 is 0 Å². The molecule has 0 unspecified atom stereocenters. The number of hydrogen-bond acceptors (Lipinski definition) is 3. The Morgan fingerprint density at radius 2 is 2.18 bits per heavy atom. The minimum absolute atomic E-state index is 0.194. The summed E-state index contributed by atoms with van der Waals surface area (Å²) in [5, 5.41) is 10.7. The van der Waals surface area contributed by atoms with E-state index in [1.54, 1.807) is 18.2 Å². The number of amides is 1. The molecule has 3 aromatic rings. The number of H-pyrrole nitrogens is 1. The Bertz CT molecular complexity index is 829. The third kappa shape index (κ3) is 2.56. The molecule has 0 spiro atoms. The van der Waals surface area contributed by atoms with Gasteiger partial charge in [-0.05, 0) is 36.4 Å². The number of anilines is 1. The number of nitrogens with one attached hydrogen (secondary N) is 2. The Labute approximate surface area is 126 Å². The Balaban J connectivity index is 2.11. The standard InChI is InChI=1S/C16H14FN3O2/c1-22-8-11-6-10(2-4-14(11)17)16-13-7-12(18-9-21)3-5-15(13)19-20-16/h2-7,9H,8H2,1H3,(H,18,21)(H,19,20). The molecule has 22 heavy (non-hydrogen) atoms. The van der Waals surface area contributed by atoms with Crippen molar-refractivity contribution < 1.29 is 13.9 Å². The fraction of sp³-hybridized carbons (Fsp3) is 0.125. The molecule has 0 radical (unpaired) electrons. The van der Waals surface area contributed by atoms with Crippen LogP contribution in [0, 0.1) is 5.82 Å². The summed E-state index contributed by atoms with van der Waals surface area (Å²) in [7, 11) is 1.52. The van der Waals surface area contributed by atoms with E-state index in [1.807, 2.05) is 12.1 Å². The van der Waals surface area contributed by atoms with Crippen LogP contribution in [0.25, 0.3) is 22.2 Å². The second-order valence-corrected chi connectivity index (χ2v) is 4.83. The smallest absolute Gasteiger partial charge is 0.211 e. The third-order valence-electron chi connectivity index (χ3n) is 3.41.